The molecule has 3 rings (SSSR count). The highest BCUT2D eigenvalue weighted by Gasteiger charge is 2.43. The van der Waals surface area contributed by atoms with E-state index in [0.29, 0.717) is 13.0 Å². The van der Waals surface area contributed by atoms with Crippen molar-refractivity contribution < 1.29 is 9.59 Å². The van der Waals surface area contributed by atoms with Gasteiger partial charge in [-0.3, -0.25) is 4.79 Å². The summed E-state index contributed by atoms with van der Waals surface area (Å²) >= 11 is 0. The number of carbonyl (C=O) groups excluding carboxylic acids is 2. The Hall–Kier alpha value is -2.30. The second kappa shape index (κ2) is 6.67. The highest BCUT2D eigenvalue weighted by atomic mass is 16.2. The first-order chi connectivity index (χ1) is 11.5. The van der Waals surface area contributed by atoms with Crippen LogP contribution < -0.4 is 10.6 Å². The third-order valence-electron chi connectivity index (χ3n) is 5.16. The van der Waals surface area contributed by atoms with Gasteiger partial charge in [0.05, 0.1) is 0 Å². The van der Waals surface area contributed by atoms with Crippen molar-refractivity contribution in [3.63, 3.8) is 0 Å². The maximum atomic E-state index is 12.3. The second-order valence-electron chi connectivity index (χ2n) is 6.89. The van der Waals surface area contributed by atoms with Gasteiger partial charge in [-0.15, -0.1) is 0 Å². The van der Waals surface area contributed by atoms with E-state index in [1.165, 1.54) is 0 Å². The number of hydrogen-bond donors (Lipinski definition) is 2. The van der Waals surface area contributed by atoms with Crippen LogP contribution >= 0.6 is 0 Å². The van der Waals surface area contributed by atoms with E-state index in [9.17, 15) is 9.59 Å². The van der Waals surface area contributed by atoms with Crippen LogP contribution in [0.1, 0.15) is 37.7 Å². The molecular formula is C19H25N3O2. The molecule has 0 spiro atoms. The van der Waals surface area contributed by atoms with E-state index in [-0.39, 0.29) is 17.4 Å². The molecule has 5 nitrogen and oxygen atoms in total. The lowest BCUT2D eigenvalue weighted by Crippen LogP contribution is -2.49. The number of nitrogens with zero attached hydrogens (tertiary/aromatic N) is 1. The van der Waals surface area contributed by atoms with Gasteiger partial charge in [0.1, 0.15) is 0 Å². The van der Waals surface area contributed by atoms with Crippen molar-refractivity contribution in [1.82, 2.24) is 10.2 Å². The van der Waals surface area contributed by atoms with Crippen LogP contribution in [-0.2, 0) is 4.79 Å². The molecule has 5 heteroatoms. The maximum absolute atomic E-state index is 12.3. The van der Waals surface area contributed by atoms with Crippen LogP contribution in [0.25, 0.3) is 0 Å². The molecule has 1 fully saturated rings. The van der Waals surface area contributed by atoms with Crippen molar-refractivity contribution in [1.29, 1.82) is 0 Å². The van der Waals surface area contributed by atoms with E-state index in [2.05, 4.69) is 16.7 Å². The summed E-state index contributed by atoms with van der Waals surface area (Å²) in [6, 6.07) is 7.55. The first-order valence-corrected chi connectivity index (χ1v) is 8.59. The molecule has 1 aliphatic heterocycles. The molecule has 1 saturated heterocycles. The van der Waals surface area contributed by atoms with Crippen molar-refractivity contribution >= 4 is 17.6 Å². The molecule has 3 amide bonds. The number of nitrogens with one attached hydrogen (secondary N) is 2. The number of piperidine rings is 1. The van der Waals surface area contributed by atoms with E-state index in [4.69, 9.17) is 0 Å². The standard InChI is InChI=1S/C19H25N3O2/c1-14-6-5-7-15(12-14)21-18(24)20-13-19-10-4-3-8-16(19)22(2)17(23)9-11-19/h5-8,12H,3-4,9-11,13H2,1-2H3,(H2,20,21,24). The summed E-state index contributed by atoms with van der Waals surface area (Å²) in [6.07, 6.45) is 6.65. The number of hydrogen-bond acceptors (Lipinski definition) is 2. The minimum atomic E-state index is -0.195. The Morgan fingerprint density at radius 3 is 2.96 bits per heavy atom. The van der Waals surface area contributed by atoms with E-state index in [1.807, 2.05) is 38.2 Å². The van der Waals surface area contributed by atoms with Gasteiger partial charge in [-0.2, -0.15) is 0 Å². The van der Waals surface area contributed by atoms with Gasteiger partial charge in [0.15, 0.2) is 0 Å². The molecule has 1 atom stereocenters. The number of urea groups is 1. The topological polar surface area (TPSA) is 61.4 Å². The molecule has 24 heavy (non-hydrogen) atoms. The minimum absolute atomic E-state index is 0.106. The number of aryl methyl sites for hydroxylation is 1. The van der Waals surface area contributed by atoms with Gasteiger partial charge in [0.2, 0.25) is 5.91 Å². The Kier molecular flexibility index (Phi) is 4.60. The largest absolute Gasteiger partial charge is 0.337 e. The molecule has 1 aromatic rings. The molecule has 1 aliphatic carbocycles. The molecule has 0 aromatic heterocycles. The summed E-state index contributed by atoms with van der Waals surface area (Å²) < 4.78 is 0. The van der Waals surface area contributed by atoms with Crippen LogP contribution in [0, 0.1) is 12.3 Å². The average Bonchev–Trinajstić information content (AvgIpc) is 2.57. The molecular weight excluding hydrogens is 302 g/mol. The molecule has 0 radical (unpaired) electrons. The summed E-state index contributed by atoms with van der Waals surface area (Å²) in [6.45, 7) is 2.56. The van der Waals surface area contributed by atoms with Crippen molar-refractivity contribution in [3.8, 4) is 0 Å². The van der Waals surface area contributed by atoms with Crippen molar-refractivity contribution in [2.24, 2.45) is 5.41 Å². The Labute approximate surface area is 143 Å². The predicted molar refractivity (Wildman–Crippen MR) is 94.6 cm³/mol. The monoisotopic (exact) mass is 327 g/mol. The van der Waals surface area contributed by atoms with Gasteiger partial charge in [0, 0.05) is 36.8 Å². The Morgan fingerprint density at radius 2 is 2.17 bits per heavy atom. The van der Waals surface area contributed by atoms with E-state index < -0.39 is 0 Å². The quantitative estimate of drug-likeness (QED) is 0.893. The molecule has 1 unspecified atom stereocenters. The zero-order valence-corrected chi connectivity index (χ0v) is 14.4. The van der Waals surface area contributed by atoms with Crippen LogP contribution in [0.2, 0.25) is 0 Å². The first kappa shape index (κ1) is 16.6. The first-order valence-electron chi connectivity index (χ1n) is 8.59. The molecule has 2 N–H and O–H groups in total. The van der Waals surface area contributed by atoms with Crippen molar-refractivity contribution in [2.45, 2.75) is 39.0 Å². The number of rotatable bonds is 3. The van der Waals surface area contributed by atoms with Crippen LogP contribution in [-0.4, -0.2) is 30.4 Å². The van der Waals surface area contributed by atoms with Crippen LogP contribution in [0.5, 0.6) is 0 Å². The van der Waals surface area contributed by atoms with E-state index in [0.717, 1.165) is 42.6 Å². The number of fused-ring (bicyclic) bond motifs is 1. The van der Waals surface area contributed by atoms with Crippen LogP contribution in [0.4, 0.5) is 10.5 Å². The average molecular weight is 327 g/mol. The third kappa shape index (κ3) is 3.30. The molecule has 1 aromatic carbocycles. The summed E-state index contributed by atoms with van der Waals surface area (Å²) in [5.74, 6) is 0.169. The molecule has 0 saturated carbocycles. The molecule has 0 bridgehead atoms. The van der Waals surface area contributed by atoms with Crippen LogP contribution in [0.15, 0.2) is 36.0 Å². The third-order valence-corrected chi connectivity index (χ3v) is 5.16. The van der Waals surface area contributed by atoms with Gasteiger partial charge >= 0.3 is 6.03 Å². The fraction of sp³-hybridized carbons (Fsp3) is 0.474. The number of likely N-dealkylation sites (tertiary alicyclic amines) is 1. The summed E-state index contributed by atoms with van der Waals surface area (Å²) in [4.78, 5) is 26.0. The summed E-state index contributed by atoms with van der Waals surface area (Å²) in [5.41, 5.74) is 2.88. The van der Waals surface area contributed by atoms with Gasteiger partial charge in [-0.25, -0.2) is 4.79 Å². The number of carbonyl (C=O) groups is 2. The van der Waals surface area contributed by atoms with Crippen molar-refractivity contribution in [3.05, 3.63) is 41.6 Å². The predicted octanol–water partition coefficient (Wildman–Crippen LogP) is 3.42. The smallest absolute Gasteiger partial charge is 0.319 e. The van der Waals surface area contributed by atoms with Crippen molar-refractivity contribution in [2.75, 3.05) is 18.9 Å². The number of amides is 3. The zero-order chi connectivity index (χ0) is 17.2. The van der Waals surface area contributed by atoms with Gasteiger partial charge in [0.25, 0.3) is 0 Å². The zero-order valence-electron chi connectivity index (χ0n) is 14.4. The lowest BCUT2D eigenvalue weighted by molar-refractivity contribution is -0.132. The SMILES string of the molecule is Cc1cccc(NC(=O)NCC23CCCC=C2N(C)C(=O)CC3)c1. The number of anilines is 1. The Bertz CT molecular complexity index is 683. The van der Waals surface area contributed by atoms with Gasteiger partial charge in [-0.05, 0) is 50.3 Å². The van der Waals surface area contributed by atoms with Gasteiger partial charge < -0.3 is 15.5 Å². The number of allylic oxidation sites excluding steroid dienone is 1. The minimum Gasteiger partial charge on any atom is -0.337 e. The molecule has 1 heterocycles. The Balaban J connectivity index is 1.66. The fourth-order valence-electron chi connectivity index (χ4n) is 3.83. The molecule has 2 aliphatic rings. The summed E-state index contributed by atoms with van der Waals surface area (Å²) in [5, 5.41) is 5.90. The highest BCUT2D eigenvalue weighted by Crippen LogP contribution is 2.45. The van der Waals surface area contributed by atoms with E-state index >= 15 is 0 Å². The Morgan fingerprint density at radius 1 is 1.33 bits per heavy atom. The van der Waals surface area contributed by atoms with Gasteiger partial charge in [-0.1, -0.05) is 18.2 Å². The highest BCUT2D eigenvalue weighted by molar-refractivity contribution is 5.89. The summed E-state index contributed by atoms with van der Waals surface area (Å²) in [7, 11) is 1.85. The second-order valence-corrected chi connectivity index (χ2v) is 6.89. The van der Waals surface area contributed by atoms with Crippen LogP contribution in [0.3, 0.4) is 0 Å². The van der Waals surface area contributed by atoms with E-state index in [1.54, 1.807) is 4.90 Å². The fourth-order valence-corrected chi connectivity index (χ4v) is 3.83. The maximum Gasteiger partial charge on any atom is 0.319 e. The lowest BCUT2D eigenvalue weighted by Gasteiger charge is -2.46. The lowest BCUT2D eigenvalue weighted by atomic mass is 9.70. The normalized spacial score (nSPS) is 23.3. The molecule has 128 valence electrons. The number of benzene rings is 1.